The Bertz CT molecular complexity index is 284. The van der Waals surface area contributed by atoms with Crippen molar-refractivity contribution in [3.05, 3.63) is 0 Å². The minimum Gasteiger partial charge on any atom is -0.447 e. The first-order chi connectivity index (χ1) is 11.0. The molecule has 0 bridgehead atoms. The minimum atomic E-state index is -0.411. The van der Waals surface area contributed by atoms with Gasteiger partial charge in [0.25, 0.3) is 0 Å². The topological polar surface area (TPSA) is 75.2 Å². The number of hydrogen-bond donors (Lipinski definition) is 1. The largest absolute Gasteiger partial charge is 0.447 e. The first-order valence-corrected chi connectivity index (χ1v) is 7.89. The van der Waals surface area contributed by atoms with Gasteiger partial charge in [-0.25, -0.2) is 4.79 Å². The minimum absolute atomic E-state index is 0.232. The Hall–Kier alpha value is -0.930. The smallest absolute Gasteiger partial charge is 0.407 e. The number of nitrogens with zero attached hydrogens (tertiary/aromatic N) is 1. The monoisotopic (exact) mass is 337 g/mol. The number of hydrogen-bond acceptors (Lipinski definition) is 6. The highest BCUT2D eigenvalue weighted by Gasteiger charge is 2.08. The normalized spacial score (nSPS) is 11.5. The highest BCUT2D eigenvalue weighted by atomic mass is 16.6. The quantitative estimate of drug-likeness (QED) is 0.338. The fourth-order valence-corrected chi connectivity index (χ4v) is 1.42. The van der Waals surface area contributed by atoms with Crippen LogP contribution in [0.5, 0.6) is 0 Å². The van der Waals surface area contributed by atoms with Crippen LogP contribution in [-0.4, -0.2) is 105 Å². The molecule has 0 unspecified atom stereocenters. The lowest BCUT2D eigenvalue weighted by molar-refractivity contribution is -0.869. The zero-order valence-corrected chi connectivity index (χ0v) is 15.0. The zero-order chi connectivity index (χ0) is 17.4. The number of carbonyl (C=O) groups is 1. The van der Waals surface area contributed by atoms with Crippen LogP contribution < -0.4 is 5.32 Å². The van der Waals surface area contributed by atoms with E-state index < -0.39 is 6.09 Å². The second-order valence-corrected chi connectivity index (χ2v) is 5.91. The highest BCUT2D eigenvalue weighted by molar-refractivity contribution is 5.66. The maximum atomic E-state index is 11.4. The molecule has 8 heteroatoms. The van der Waals surface area contributed by atoms with Crippen molar-refractivity contribution < 1.29 is 33.0 Å². The molecule has 0 saturated carbocycles. The molecule has 0 fully saturated rings. The van der Waals surface area contributed by atoms with E-state index in [9.17, 15) is 4.79 Å². The molecule has 1 N–H and O–H groups in total. The number of ether oxygens (including phenoxy) is 5. The van der Waals surface area contributed by atoms with E-state index in [0.717, 1.165) is 11.0 Å². The fraction of sp³-hybridized carbons (Fsp3) is 0.933. The van der Waals surface area contributed by atoms with Gasteiger partial charge in [0.15, 0.2) is 0 Å². The standard InChI is InChI=1S/C15H32N2O6/c1-17(2,3)6-5-16-15(18)23-14-13-22-12-11-21-10-9-20-8-7-19-4/h5-14H2,1-4H3/p+1. The van der Waals surface area contributed by atoms with Crippen LogP contribution in [-0.2, 0) is 23.7 Å². The molecule has 0 aliphatic rings. The van der Waals surface area contributed by atoms with E-state index in [1.165, 1.54) is 0 Å². The van der Waals surface area contributed by atoms with E-state index in [4.69, 9.17) is 23.7 Å². The SMILES string of the molecule is COCCOCCOCCOCCOC(=O)NCC[N+](C)(C)C. The molecule has 0 atom stereocenters. The number of nitrogens with one attached hydrogen (secondary N) is 1. The van der Waals surface area contributed by atoms with Gasteiger partial charge in [0.1, 0.15) is 6.61 Å². The predicted molar refractivity (Wildman–Crippen MR) is 86.6 cm³/mol. The summed E-state index contributed by atoms with van der Waals surface area (Å²) in [5.41, 5.74) is 0. The molecule has 0 aromatic carbocycles. The molecule has 8 nitrogen and oxygen atoms in total. The lowest BCUT2D eigenvalue weighted by Gasteiger charge is -2.23. The van der Waals surface area contributed by atoms with Crippen LogP contribution >= 0.6 is 0 Å². The van der Waals surface area contributed by atoms with E-state index in [1.54, 1.807) is 7.11 Å². The summed E-state index contributed by atoms with van der Waals surface area (Å²) < 4.78 is 26.5. The second kappa shape index (κ2) is 14.6. The Labute approximate surface area is 139 Å². The fourth-order valence-electron chi connectivity index (χ4n) is 1.42. The van der Waals surface area contributed by atoms with Gasteiger partial charge in [0.05, 0.1) is 80.5 Å². The van der Waals surface area contributed by atoms with Gasteiger partial charge in [-0.3, -0.25) is 0 Å². The molecule has 0 aliphatic heterocycles. The number of rotatable bonds is 15. The highest BCUT2D eigenvalue weighted by Crippen LogP contribution is 1.88. The van der Waals surface area contributed by atoms with Crippen LogP contribution in [0.15, 0.2) is 0 Å². The van der Waals surface area contributed by atoms with Gasteiger partial charge in [-0.2, -0.15) is 0 Å². The summed E-state index contributed by atoms with van der Waals surface area (Å²) in [6.07, 6.45) is -0.411. The van der Waals surface area contributed by atoms with Gasteiger partial charge in [-0.1, -0.05) is 0 Å². The maximum Gasteiger partial charge on any atom is 0.407 e. The summed E-state index contributed by atoms with van der Waals surface area (Å²) in [5.74, 6) is 0. The lowest BCUT2D eigenvalue weighted by atomic mass is 10.5. The molecule has 0 rings (SSSR count). The average molecular weight is 337 g/mol. The Balaban J connectivity index is 3.19. The van der Waals surface area contributed by atoms with E-state index >= 15 is 0 Å². The number of alkyl carbamates (subject to hydrolysis) is 1. The van der Waals surface area contributed by atoms with Gasteiger partial charge >= 0.3 is 6.09 Å². The number of carbonyl (C=O) groups excluding carboxylic acids is 1. The molecule has 0 heterocycles. The number of quaternary nitrogens is 1. The van der Waals surface area contributed by atoms with Crippen LogP contribution in [0.4, 0.5) is 4.79 Å². The van der Waals surface area contributed by atoms with E-state index in [-0.39, 0.29) is 6.61 Å². The van der Waals surface area contributed by atoms with Crippen LogP contribution in [0.25, 0.3) is 0 Å². The van der Waals surface area contributed by atoms with Crippen molar-refractivity contribution in [3.63, 3.8) is 0 Å². The molecule has 0 aromatic rings. The molecule has 23 heavy (non-hydrogen) atoms. The summed E-state index contributed by atoms with van der Waals surface area (Å²) in [6, 6.07) is 0. The summed E-state index contributed by atoms with van der Waals surface area (Å²) in [5, 5.41) is 2.70. The average Bonchev–Trinajstić information content (AvgIpc) is 2.47. The van der Waals surface area contributed by atoms with Crippen LogP contribution in [0, 0.1) is 0 Å². The number of likely N-dealkylation sites (N-methyl/N-ethyl adjacent to an activating group) is 1. The summed E-state index contributed by atoms with van der Waals surface area (Å²) in [6.45, 7) is 5.21. The van der Waals surface area contributed by atoms with E-state index in [0.29, 0.717) is 52.8 Å². The molecule has 138 valence electrons. The lowest BCUT2D eigenvalue weighted by Crippen LogP contribution is -2.42. The van der Waals surface area contributed by atoms with Crippen LogP contribution in [0.1, 0.15) is 0 Å². The Kier molecular flexibility index (Phi) is 14.1. The van der Waals surface area contributed by atoms with Crippen molar-refractivity contribution in [1.82, 2.24) is 5.32 Å². The Morgan fingerprint density at radius 3 is 1.78 bits per heavy atom. The maximum absolute atomic E-state index is 11.4. The van der Waals surface area contributed by atoms with Gasteiger partial charge < -0.3 is 33.5 Å². The van der Waals surface area contributed by atoms with Crippen molar-refractivity contribution in [2.24, 2.45) is 0 Å². The number of amides is 1. The molecule has 1 amide bonds. The summed E-state index contributed by atoms with van der Waals surface area (Å²) >= 11 is 0. The molecular formula is C15H33N2O6+. The van der Waals surface area contributed by atoms with Crippen molar-refractivity contribution in [3.8, 4) is 0 Å². The van der Waals surface area contributed by atoms with Gasteiger partial charge in [0.2, 0.25) is 0 Å². The third-order valence-electron chi connectivity index (χ3n) is 2.69. The third kappa shape index (κ3) is 19.0. The molecular weight excluding hydrogens is 304 g/mol. The molecule has 0 spiro atoms. The Morgan fingerprint density at radius 2 is 1.30 bits per heavy atom. The zero-order valence-electron chi connectivity index (χ0n) is 15.0. The van der Waals surface area contributed by atoms with Crippen molar-refractivity contribution >= 4 is 6.09 Å². The molecule has 0 radical (unpaired) electrons. The van der Waals surface area contributed by atoms with Gasteiger partial charge in [0, 0.05) is 7.11 Å². The molecule has 0 aliphatic carbocycles. The number of methoxy groups -OCH3 is 1. The molecule has 0 aromatic heterocycles. The van der Waals surface area contributed by atoms with Crippen LogP contribution in [0.3, 0.4) is 0 Å². The van der Waals surface area contributed by atoms with Crippen LogP contribution in [0.2, 0.25) is 0 Å². The van der Waals surface area contributed by atoms with Gasteiger partial charge in [-0.05, 0) is 0 Å². The third-order valence-corrected chi connectivity index (χ3v) is 2.69. The summed E-state index contributed by atoms with van der Waals surface area (Å²) in [7, 11) is 7.83. The first-order valence-electron chi connectivity index (χ1n) is 7.89. The van der Waals surface area contributed by atoms with Crippen molar-refractivity contribution in [2.45, 2.75) is 0 Å². The second-order valence-electron chi connectivity index (χ2n) is 5.91. The van der Waals surface area contributed by atoms with Gasteiger partial charge in [-0.15, -0.1) is 0 Å². The van der Waals surface area contributed by atoms with E-state index in [1.807, 2.05) is 0 Å². The van der Waals surface area contributed by atoms with Crippen molar-refractivity contribution in [2.75, 3.05) is 94.2 Å². The Morgan fingerprint density at radius 1 is 0.826 bits per heavy atom. The first kappa shape index (κ1) is 22.1. The molecule has 0 saturated heterocycles. The predicted octanol–water partition coefficient (Wildman–Crippen LogP) is 0.115. The summed E-state index contributed by atoms with van der Waals surface area (Å²) in [4.78, 5) is 11.4. The van der Waals surface area contributed by atoms with Crippen molar-refractivity contribution in [1.29, 1.82) is 0 Å². The van der Waals surface area contributed by atoms with E-state index in [2.05, 4.69) is 26.5 Å².